The Bertz CT molecular complexity index is 1130. The summed E-state index contributed by atoms with van der Waals surface area (Å²) >= 11 is 1.33. The van der Waals surface area contributed by atoms with E-state index in [1.165, 1.54) is 23.5 Å². The van der Waals surface area contributed by atoms with Crippen molar-refractivity contribution in [3.63, 3.8) is 0 Å². The summed E-state index contributed by atoms with van der Waals surface area (Å²) in [7, 11) is 0. The normalized spacial score (nSPS) is 11.0. The van der Waals surface area contributed by atoms with Crippen molar-refractivity contribution in [2.24, 2.45) is 0 Å². The van der Waals surface area contributed by atoms with Crippen LogP contribution in [0.1, 0.15) is 21.5 Å². The van der Waals surface area contributed by atoms with Crippen molar-refractivity contribution in [2.75, 3.05) is 0 Å². The highest BCUT2D eigenvalue weighted by Crippen LogP contribution is 2.41. The van der Waals surface area contributed by atoms with Crippen LogP contribution in [-0.4, -0.2) is 5.78 Å². The Morgan fingerprint density at radius 1 is 0.885 bits per heavy atom. The van der Waals surface area contributed by atoms with Crippen LogP contribution in [0, 0.1) is 18.6 Å². The number of ketones is 1. The van der Waals surface area contributed by atoms with Gasteiger partial charge in [-0.2, -0.15) is 0 Å². The van der Waals surface area contributed by atoms with Crippen molar-refractivity contribution in [3.8, 4) is 10.4 Å². The fourth-order valence-corrected chi connectivity index (χ4v) is 4.34. The lowest BCUT2D eigenvalue weighted by Crippen LogP contribution is -2.06. The smallest absolute Gasteiger partial charge is 0.195 e. The SMILES string of the molecule is Cc1c(-c2c(F)ccc(C(=O)c3ccccc3)c2F)sc2ccccc12. The predicted octanol–water partition coefficient (Wildman–Crippen LogP) is 6.39. The van der Waals surface area contributed by atoms with Gasteiger partial charge in [-0.05, 0) is 36.1 Å². The Kier molecular flexibility index (Phi) is 4.13. The molecule has 1 aromatic heterocycles. The first-order valence-corrected chi connectivity index (χ1v) is 8.96. The van der Waals surface area contributed by atoms with E-state index < -0.39 is 17.4 Å². The maximum atomic E-state index is 15.2. The Morgan fingerprint density at radius 2 is 1.58 bits per heavy atom. The Labute approximate surface area is 153 Å². The second kappa shape index (κ2) is 6.46. The molecule has 0 N–H and O–H groups in total. The van der Waals surface area contributed by atoms with Gasteiger partial charge in [-0.25, -0.2) is 8.78 Å². The highest BCUT2D eigenvalue weighted by atomic mass is 32.1. The van der Waals surface area contributed by atoms with Crippen molar-refractivity contribution >= 4 is 27.2 Å². The average Bonchev–Trinajstić information content (AvgIpc) is 2.99. The minimum atomic E-state index is -0.812. The van der Waals surface area contributed by atoms with Crippen LogP contribution < -0.4 is 0 Å². The van der Waals surface area contributed by atoms with Gasteiger partial charge in [0, 0.05) is 15.1 Å². The van der Waals surface area contributed by atoms with Crippen molar-refractivity contribution in [3.05, 3.63) is 95.1 Å². The molecule has 0 unspecified atom stereocenters. The fourth-order valence-electron chi connectivity index (χ4n) is 3.09. The molecule has 1 heterocycles. The first-order valence-electron chi connectivity index (χ1n) is 8.14. The number of fused-ring (bicyclic) bond motifs is 1. The summed E-state index contributed by atoms with van der Waals surface area (Å²) in [6.07, 6.45) is 0. The molecule has 3 aromatic carbocycles. The summed E-state index contributed by atoms with van der Waals surface area (Å²) in [6, 6.07) is 18.5. The maximum absolute atomic E-state index is 15.2. The van der Waals surface area contributed by atoms with Crippen LogP contribution in [0.2, 0.25) is 0 Å². The molecular formula is C22H14F2OS. The Hall–Kier alpha value is -2.85. The van der Waals surface area contributed by atoms with E-state index in [4.69, 9.17) is 0 Å². The molecule has 0 amide bonds. The number of aryl methyl sites for hydroxylation is 1. The molecule has 0 aliphatic heterocycles. The fraction of sp³-hybridized carbons (Fsp3) is 0.0455. The molecule has 0 aliphatic carbocycles. The highest BCUT2D eigenvalue weighted by Gasteiger charge is 2.23. The van der Waals surface area contributed by atoms with Crippen LogP contribution >= 0.6 is 11.3 Å². The maximum Gasteiger partial charge on any atom is 0.195 e. The van der Waals surface area contributed by atoms with Gasteiger partial charge in [0.1, 0.15) is 11.6 Å². The van der Waals surface area contributed by atoms with Crippen molar-refractivity contribution in [2.45, 2.75) is 6.92 Å². The van der Waals surface area contributed by atoms with Gasteiger partial charge in [-0.15, -0.1) is 11.3 Å². The van der Waals surface area contributed by atoms with Gasteiger partial charge in [0.2, 0.25) is 0 Å². The van der Waals surface area contributed by atoms with E-state index in [0.29, 0.717) is 10.4 Å². The quantitative estimate of drug-likeness (QED) is 0.385. The number of thiophene rings is 1. The minimum Gasteiger partial charge on any atom is -0.288 e. The molecule has 0 bridgehead atoms. The van der Waals surface area contributed by atoms with Crippen molar-refractivity contribution < 1.29 is 13.6 Å². The second-order valence-electron chi connectivity index (χ2n) is 6.03. The molecule has 0 aliphatic rings. The van der Waals surface area contributed by atoms with E-state index in [2.05, 4.69) is 0 Å². The predicted molar refractivity (Wildman–Crippen MR) is 102 cm³/mol. The summed E-state index contributed by atoms with van der Waals surface area (Å²) < 4.78 is 30.7. The third-order valence-corrected chi connectivity index (χ3v) is 5.73. The van der Waals surface area contributed by atoms with Crippen LogP contribution in [0.3, 0.4) is 0 Å². The largest absolute Gasteiger partial charge is 0.288 e. The minimum absolute atomic E-state index is 0.121. The third kappa shape index (κ3) is 2.63. The van der Waals surface area contributed by atoms with E-state index >= 15 is 4.39 Å². The van der Waals surface area contributed by atoms with Gasteiger partial charge in [0.05, 0.1) is 11.1 Å². The molecule has 1 nitrogen and oxygen atoms in total. The molecule has 4 aromatic rings. The number of rotatable bonds is 3. The number of carbonyl (C=O) groups is 1. The number of hydrogen-bond acceptors (Lipinski definition) is 2. The number of carbonyl (C=O) groups excluding carboxylic acids is 1. The van der Waals surface area contributed by atoms with E-state index in [-0.39, 0.29) is 11.1 Å². The Morgan fingerprint density at radius 3 is 2.31 bits per heavy atom. The van der Waals surface area contributed by atoms with Crippen LogP contribution in [0.5, 0.6) is 0 Å². The van der Waals surface area contributed by atoms with Crippen molar-refractivity contribution in [1.82, 2.24) is 0 Å². The zero-order chi connectivity index (χ0) is 18.3. The summed E-state index contributed by atoms with van der Waals surface area (Å²) in [5.41, 5.74) is 0.930. The van der Waals surface area contributed by atoms with Gasteiger partial charge in [-0.3, -0.25) is 4.79 Å². The van der Waals surface area contributed by atoms with E-state index in [1.807, 2.05) is 31.2 Å². The molecule has 26 heavy (non-hydrogen) atoms. The highest BCUT2D eigenvalue weighted by molar-refractivity contribution is 7.22. The zero-order valence-electron chi connectivity index (χ0n) is 13.9. The van der Waals surface area contributed by atoms with Crippen LogP contribution in [0.25, 0.3) is 20.5 Å². The second-order valence-corrected chi connectivity index (χ2v) is 7.08. The average molecular weight is 364 g/mol. The monoisotopic (exact) mass is 364 g/mol. The topological polar surface area (TPSA) is 17.1 Å². The Balaban J connectivity index is 1.92. The molecule has 0 spiro atoms. The van der Waals surface area contributed by atoms with Gasteiger partial charge in [0.25, 0.3) is 0 Å². The van der Waals surface area contributed by atoms with Gasteiger partial charge in [-0.1, -0.05) is 48.5 Å². The summed E-state index contributed by atoms with van der Waals surface area (Å²) in [5, 5.41) is 0.964. The lowest BCUT2D eigenvalue weighted by atomic mass is 9.98. The van der Waals surface area contributed by atoms with E-state index in [9.17, 15) is 9.18 Å². The number of benzene rings is 3. The summed E-state index contributed by atoms with van der Waals surface area (Å²) in [4.78, 5) is 13.2. The lowest BCUT2D eigenvalue weighted by Gasteiger charge is -2.09. The first kappa shape index (κ1) is 16.6. The van der Waals surface area contributed by atoms with Gasteiger partial charge >= 0.3 is 0 Å². The van der Waals surface area contributed by atoms with Crippen LogP contribution in [0.4, 0.5) is 8.78 Å². The van der Waals surface area contributed by atoms with Crippen LogP contribution in [-0.2, 0) is 0 Å². The standard InChI is InChI=1S/C22H14F2OS/c1-13-15-9-5-6-10-18(15)26-22(13)19-17(23)12-11-16(20(19)24)21(25)14-7-3-2-4-8-14/h2-12H,1H3. The van der Waals surface area contributed by atoms with Gasteiger partial charge in [0.15, 0.2) is 5.78 Å². The molecular weight excluding hydrogens is 350 g/mol. The van der Waals surface area contributed by atoms with Crippen LogP contribution in [0.15, 0.2) is 66.7 Å². The summed E-state index contributed by atoms with van der Waals surface area (Å²) in [5.74, 6) is -1.93. The van der Waals surface area contributed by atoms with Gasteiger partial charge < -0.3 is 0 Å². The molecule has 0 atom stereocenters. The summed E-state index contributed by atoms with van der Waals surface area (Å²) in [6.45, 7) is 1.85. The molecule has 0 saturated carbocycles. The number of hydrogen-bond donors (Lipinski definition) is 0. The van der Waals surface area contributed by atoms with Crippen molar-refractivity contribution in [1.29, 1.82) is 0 Å². The molecule has 0 fully saturated rings. The third-order valence-electron chi connectivity index (χ3n) is 4.44. The lowest BCUT2D eigenvalue weighted by molar-refractivity contribution is 0.103. The first-order chi connectivity index (χ1) is 12.6. The van der Waals surface area contributed by atoms with E-state index in [0.717, 1.165) is 15.6 Å². The van der Waals surface area contributed by atoms with E-state index in [1.54, 1.807) is 30.3 Å². The molecule has 0 radical (unpaired) electrons. The zero-order valence-corrected chi connectivity index (χ0v) is 14.7. The molecule has 0 saturated heterocycles. The molecule has 128 valence electrons. The molecule has 4 rings (SSSR count). The molecule has 4 heteroatoms. The number of halogens is 2.